The average molecular weight is 228 g/mol. The fraction of sp³-hybridized carbons (Fsp3) is 0.917. The molecule has 1 aliphatic heterocycles. The molecule has 0 spiro atoms. The van der Waals surface area contributed by atoms with E-state index >= 15 is 0 Å². The lowest BCUT2D eigenvalue weighted by atomic mass is 10.1. The van der Waals surface area contributed by atoms with E-state index in [0.29, 0.717) is 12.5 Å². The molecule has 3 atom stereocenters. The molecule has 94 valence electrons. The molecule has 1 fully saturated rings. The molecule has 0 aromatic carbocycles. The fourth-order valence-corrected chi connectivity index (χ4v) is 1.82. The van der Waals surface area contributed by atoms with Gasteiger partial charge >= 0.3 is 0 Å². The van der Waals surface area contributed by atoms with E-state index in [9.17, 15) is 4.79 Å². The molecule has 1 rings (SSSR count). The Morgan fingerprint density at radius 3 is 2.88 bits per heavy atom. The molecule has 4 nitrogen and oxygen atoms in total. The summed E-state index contributed by atoms with van der Waals surface area (Å²) in [7, 11) is 0. The Kier molecular flexibility index (Phi) is 5.77. The lowest BCUT2D eigenvalue weighted by Gasteiger charge is -2.16. The molecule has 16 heavy (non-hydrogen) atoms. The van der Waals surface area contributed by atoms with Gasteiger partial charge in [0.15, 0.2) is 0 Å². The average Bonchev–Trinajstić information content (AvgIpc) is 2.64. The maximum Gasteiger partial charge on any atom is 0.221 e. The zero-order chi connectivity index (χ0) is 12.0. The first-order valence-corrected chi connectivity index (χ1v) is 6.27. The Hall–Kier alpha value is -0.610. The summed E-state index contributed by atoms with van der Waals surface area (Å²) in [6.07, 6.45) is 2.85. The number of ether oxygens (including phenoxy) is 1. The lowest BCUT2D eigenvalue weighted by molar-refractivity contribution is -0.121. The van der Waals surface area contributed by atoms with Crippen LogP contribution in [0.1, 0.15) is 40.0 Å². The Balaban J connectivity index is 2.08. The quantitative estimate of drug-likeness (QED) is 0.714. The van der Waals surface area contributed by atoms with E-state index in [1.807, 2.05) is 6.92 Å². The first-order chi connectivity index (χ1) is 7.63. The summed E-state index contributed by atoms with van der Waals surface area (Å²) in [5, 5.41) is 6.32. The predicted octanol–water partition coefficient (Wildman–Crippen LogP) is 1.06. The summed E-state index contributed by atoms with van der Waals surface area (Å²) >= 11 is 0. The smallest absolute Gasteiger partial charge is 0.221 e. The van der Waals surface area contributed by atoms with Gasteiger partial charge in [-0.1, -0.05) is 6.92 Å². The molecule has 0 saturated carbocycles. The van der Waals surface area contributed by atoms with Crippen molar-refractivity contribution in [1.29, 1.82) is 0 Å². The summed E-state index contributed by atoms with van der Waals surface area (Å²) in [4.78, 5) is 11.5. The van der Waals surface area contributed by atoms with Crippen molar-refractivity contribution in [2.75, 3.05) is 13.2 Å². The Morgan fingerprint density at radius 2 is 2.31 bits per heavy atom. The molecule has 1 saturated heterocycles. The molecule has 1 aliphatic rings. The van der Waals surface area contributed by atoms with Gasteiger partial charge in [0.1, 0.15) is 0 Å². The van der Waals surface area contributed by atoms with Crippen LogP contribution < -0.4 is 10.6 Å². The van der Waals surface area contributed by atoms with Crippen molar-refractivity contribution in [3.63, 3.8) is 0 Å². The van der Waals surface area contributed by atoms with Crippen LogP contribution in [-0.2, 0) is 9.53 Å². The summed E-state index contributed by atoms with van der Waals surface area (Å²) in [5.41, 5.74) is 0. The first-order valence-electron chi connectivity index (χ1n) is 6.27. The van der Waals surface area contributed by atoms with E-state index in [2.05, 4.69) is 24.5 Å². The second-order valence-corrected chi connectivity index (χ2v) is 4.55. The van der Waals surface area contributed by atoms with E-state index in [-0.39, 0.29) is 18.1 Å². The second kappa shape index (κ2) is 6.86. The fourth-order valence-electron chi connectivity index (χ4n) is 1.82. The van der Waals surface area contributed by atoms with Gasteiger partial charge in [-0.2, -0.15) is 0 Å². The van der Waals surface area contributed by atoms with E-state index in [1.54, 1.807) is 0 Å². The third-order valence-corrected chi connectivity index (χ3v) is 3.15. The van der Waals surface area contributed by atoms with E-state index < -0.39 is 0 Å². The normalized spacial score (nSPS) is 26.7. The number of hydrogen-bond acceptors (Lipinski definition) is 3. The minimum Gasteiger partial charge on any atom is -0.377 e. The molecule has 4 heteroatoms. The van der Waals surface area contributed by atoms with Gasteiger partial charge in [0.05, 0.1) is 6.10 Å². The predicted molar refractivity (Wildman–Crippen MR) is 64.3 cm³/mol. The van der Waals surface area contributed by atoms with Gasteiger partial charge in [0.25, 0.3) is 0 Å². The molecule has 2 N–H and O–H groups in total. The van der Waals surface area contributed by atoms with Gasteiger partial charge in [-0.25, -0.2) is 0 Å². The van der Waals surface area contributed by atoms with Crippen molar-refractivity contribution < 1.29 is 9.53 Å². The van der Waals surface area contributed by atoms with Crippen LogP contribution in [-0.4, -0.2) is 37.2 Å². The van der Waals surface area contributed by atoms with Crippen molar-refractivity contribution in [1.82, 2.24) is 10.6 Å². The van der Waals surface area contributed by atoms with Gasteiger partial charge in [-0.3, -0.25) is 4.79 Å². The SMILES string of the molecule is CCC(C)NC(=O)CCNC1CCOC1C. The third kappa shape index (κ3) is 4.49. The van der Waals surface area contributed by atoms with Gasteiger partial charge < -0.3 is 15.4 Å². The van der Waals surface area contributed by atoms with Crippen LogP contribution in [0.15, 0.2) is 0 Å². The van der Waals surface area contributed by atoms with Gasteiger partial charge in [0.2, 0.25) is 5.91 Å². The van der Waals surface area contributed by atoms with Crippen LogP contribution in [0.3, 0.4) is 0 Å². The molecule has 1 amide bonds. The molecule has 0 aromatic heterocycles. The molecule has 0 radical (unpaired) electrons. The van der Waals surface area contributed by atoms with Gasteiger partial charge in [-0.05, 0) is 26.7 Å². The van der Waals surface area contributed by atoms with Gasteiger partial charge in [-0.15, -0.1) is 0 Å². The van der Waals surface area contributed by atoms with Crippen LogP contribution in [0, 0.1) is 0 Å². The minimum absolute atomic E-state index is 0.133. The van der Waals surface area contributed by atoms with Crippen LogP contribution in [0.5, 0.6) is 0 Å². The van der Waals surface area contributed by atoms with Crippen LogP contribution in [0.4, 0.5) is 0 Å². The van der Waals surface area contributed by atoms with Crippen molar-refractivity contribution in [2.45, 2.75) is 58.2 Å². The number of carbonyl (C=O) groups is 1. The van der Waals surface area contributed by atoms with Crippen LogP contribution in [0.2, 0.25) is 0 Å². The van der Waals surface area contributed by atoms with Crippen molar-refractivity contribution in [3.8, 4) is 0 Å². The largest absolute Gasteiger partial charge is 0.377 e. The van der Waals surface area contributed by atoms with Crippen molar-refractivity contribution in [3.05, 3.63) is 0 Å². The topological polar surface area (TPSA) is 50.4 Å². The second-order valence-electron chi connectivity index (χ2n) is 4.55. The summed E-state index contributed by atoms with van der Waals surface area (Å²) < 4.78 is 5.44. The summed E-state index contributed by atoms with van der Waals surface area (Å²) in [6.45, 7) is 7.74. The zero-order valence-corrected chi connectivity index (χ0v) is 10.6. The molecular weight excluding hydrogens is 204 g/mol. The zero-order valence-electron chi connectivity index (χ0n) is 10.6. The monoisotopic (exact) mass is 228 g/mol. The molecule has 1 heterocycles. The number of rotatable bonds is 6. The van der Waals surface area contributed by atoms with Crippen molar-refractivity contribution >= 4 is 5.91 Å². The Bertz CT molecular complexity index is 221. The number of hydrogen-bond donors (Lipinski definition) is 2. The first kappa shape index (κ1) is 13.5. The maximum absolute atomic E-state index is 11.5. The number of carbonyl (C=O) groups excluding carboxylic acids is 1. The van der Waals surface area contributed by atoms with E-state index in [1.165, 1.54) is 0 Å². The maximum atomic E-state index is 11.5. The molecular formula is C12H24N2O2. The molecule has 3 unspecified atom stereocenters. The van der Waals surface area contributed by atoms with Gasteiger partial charge in [0, 0.05) is 31.7 Å². The standard InChI is InChI=1S/C12H24N2O2/c1-4-9(2)14-12(15)5-7-13-11-6-8-16-10(11)3/h9-11,13H,4-8H2,1-3H3,(H,14,15). The lowest BCUT2D eigenvalue weighted by Crippen LogP contribution is -2.38. The molecule has 0 bridgehead atoms. The highest BCUT2D eigenvalue weighted by molar-refractivity contribution is 5.76. The highest BCUT2D eigenvalue weighted by Gasteiger charge is 2.23. The van der Waals surface area contributed by atoms with E-state index in [4.69, 9.17) is 4.74 Å². The Labute approximate surface area is 98.1 Å². The highest BCUT2D eigenvalue weighted by atomic mass is 16.5. The highest BCUT2D eigenvalue weighted by Crippen LogP contribution is 2.12. The molecule has 0 aromatic rings. The Morgan fingerprint density at radius 1 is 1.56 bits per heavy atom. The molecule has 0 aliphatic carbocycles. The van der Waals surface area contributed by atoms with E-state index in [0.717, 1.165) is 26.0 Å². The van der Waals surface area contributed by atoms with Crippen LogP contribution >= 0.6 is 0 Å². The summed E-state index contributed by atoms with van der Waals surface area (Å²) in [5.74, 6) is 0.133. The number of amides is 1. The van der Waals surface area contributed by atoms with Crippen LogP contribution in [0.25, 0.3) is 0 Å². The number of nitrogens with one attached hydrogen (secondary N) is 2. The third-order valence-electron chi connectivity index (χ3n) is 3.15. The minimum atomic E-state index is 0.133. The van der Waals surface area contributed by atoms with Crippen molar-refractivity contribution in [2.24, 2.45) is 0 Å². The summed E-state index contributed by atoms with van der Waals surface area (Å²) in [6, 6.07) is 0.692.